The molecule has 1 aliphatic carbocycles. The van der Waals surface area contributed by atoms with Gasteiger partial charge in [0.05, 0.1) is 0 Å². The molecule has 2 aliphatic rings. The first-order valence-electron chi connectivity index (χ1n) is 7.86. The quantitative estimate of drug-likeness (QED) is 0.853. The predicted molar refractivity (Wildman–Crippen MR) is 82.4 cm³/mol. The Labute approximate surface area is 126 Å². The molecule has 2 heterocycles. The van der Waals surface area contributed by atoms with E-state index in [1.54, 1.807) is 4.90 Å². The maximum atomic E-state index is 12.0. The number of amides is 1. The molecule has 0 spiro atoms. The van der Waals surface area contributed by atoms with Gasteiger partial charge >= 0.3 is 0 Å². The number of carbonyl (C=O) groups is 1. The van der Waals surface area contributed by atoms with Gasteiger partial charge in [0.1, 0.15) is 11.6 Å². The molecular formula is C16H24N4O. The monoisotopic (exact) mass is 288 g/mol. The lowest BCUT2D eigenvalue weighted by Crippen LogP contribution is -2.40. The van der Waals surface area contributed by atoms with Crippen LogP contribution in [-0.4, -0.2) is 48.0 Å². The fourth-order valence-corrected chi connectivity index (χ4v) is 2.98. The second-order valence-electron chi connectivity index (χ2n) is 6.49. The number of aromatic nitrogens is 2. The standard InChI is InChI=1S/C16H24N4O/c1-11-10-14(18-15(17-11)12-4-5-12)20-8-6-13(7-9-20)16(21)19(2)3/h10,12-13H,4-9H2,1-3H3. The van der Waals surface area contributed by atoms with E-state index in [2.05, 4.69) is 16.0 Å². The number of aryl methyl sites for hydroxylation is 1. The zero-order valence-corrected chi connectivity index (χ0v) is 13.2. The Morgan fingerprint density at radius 2 is 1.86 bits per heavy atom. The van der Waals surface area contributed by atoms with Crippen LogP contribution in [-0.2, 0) is 4.79 Å². The van der Waals surface area contributed by atoms with Crippen molar-refractivity contribution in [1.82, 2.24) is 14.9 Å². The zero-order valence-electron chi connectivity index (χ0n) is 13.2. The van der Waals surface area contributed by atoms with E-state index >= 15 is 0 Å². The first kappa shape index (κ1) is 14.3. The van der Waals surface area contributed by atoms with E-state index in [0.717, 1.165) is 43.3 Å². The molecule has 114 valence electrons. The molecule has 5 nitrogen and oxygen atoms in total. The molecule has 0 unspecified atom stereocenters. The average Bonchev–Trinajstić information content (AvgIpc) is 3.30. The summed E-state index contributed by atoms with van der Waals surface area (Å²) >= 11 is 0. The van der Waals surface area contributed by atoms with Crippen molar-refractivity contribution in [2.45, 2.75) is 38.5 Å². The molecule has 3 rings (SSSR count). The van der Waals surface area contributed by atoms with Gasteiger partial charge in [-0.25, -0.2) is 9.97 Å². The van der Waals surface area contributed by atoms with Crippen molar-refractivity contribution in [3.05, 3.63) is 17.6 Å². The molecule has 1 saturated carbocycles. The Balaban J connectivity index is 1.68. The maximum Gasteiger partial charge on any atom is 0.225 e. The van der Waals surface area contributed by atoms with Gasteiger partial charge in [-0.15, -0.1) is 0 Å². The van der Waals surface area contributed by atoms with Gasteiger partial charge in [0.2, 0.25) is 5.91 Å². The van der Waals surface area contributed by atoms with Crippen LogP contribution < -0.4 is 4.90 Å². The van der Waals surface area contributed by atoms with Gasteiger partial charge in [-0.1, -0.05) is 0 Å². The first-order chi connectivity index (χ1) is 10.0. The molecule has 0 aromatic carbocycles. The summed E-state index contributed by atoms with van der Waals surface area (Å²) in [6.07, 6.45) is 4.28. The minimum atomic E-state index is 0.169. The molecule has 0 atom stereocenters. The lowest BCUT2D eigenvalue weighted by molar-refractivity contribution is -0.133. The number of hydrogen-bond donors (Lipinski definition) is 0. The van der Waals surface area contributed by atoms with Crippen molar-refractivity contribution in [3.63, 3.8) is 0 Å². The average molecular weight is 288 g/mol. The van der Waals surface area contributed by atoms with Gasteiger partial charge in [0, 0.05) is 50.8 Å². The van der Waals surface area contributed by atoms with Crippen molar-refractivity contribution < 1.29 is 4.79 Å². The predicted octanol–water partition coefficient (Wildman–Crippen LogP) is 1.97. The summed E-state index contributed by atoms with van der Waals surface area (Å²) in [5, 5.41) is 0. The topological polar surface area (TPSA) is 49.3 Å². The molecule has 1 amide bonds. The van der Waals surface area contributed by atoms with Crippen LogP contribution in [0, 0.1) is 12.8 Å². The van der Waals surface area contributed by atoms with E-state index in [1.807, 2.05) is 21.0 Å². The van der Waals surface area contributed by atoms with Crippen molar-refractivity contribution in [3.8, 4) is 0 Å². The fraction of sp³-hybridized carbons (Fsp3) is 0.688. The summed E-state index contributed by atoms with van der Waals surface area (Å²) in [7, 11) is 3.68. The summed E-state index contributed by atoms with van der Waals surface area (Å²) in [5.74, 6) is 3.06. The molecule has 2 fully saturated rings. The van der Waals surface area contributed by atoms with E-state index in [1.165, 1.54) is 12.8 Å². The minimum absolute atomic E-state index is 0.169. The molecule has 0 N–H and O–H groups in total. The molecule has 1 saturated heterocycles. The molecule has 5 heteroatoms. The Kier molecular flexibility index (Phi) is 3.83. The summed E-state index contributed by atoms with van der Waals surface area (Å²) in [5.41, 5.74) is 1.05. The Morgan fingerprint density at radius 1 is 1.19 bits per heavy atom. The summed E-state index contributed by atoms with van der Waals surface area (Å²) in [4.78, 5) is 25.3. The van der Waals surface area contributed by atoms with E-state index in [-0.39, 0.29) is 11.8 Å². The van der Waals surface area contributed by atoms with E-state index in [0.29, 0.717) is 5.92 Å². The second-order valence-corrected chi connectivity index (χ2v) is 6.49. The highest BCUT2D eigenvalue weighted by molar-refractivity contribution is 5.78. The van der Waals surface area contributed by atoms with Gasteiger partial charge < -0.3 is 9.80 Å². The molecule has 0 bridgehead atoms. The van der Waals surface area contributed by atoms with Gasteiger partial charge in [-0.2, -0.15) is 0 Å². The van der Waals surface area contributed by atoms with Crippen LogP contribution in [0.25, 0.3) is 0 Å². The number of nitrogens with zero attached hydrogens (tertiary/aromatic N) is 4. The highest BCUT2D eigenvalue weighted by Gasteiger charge is 2.29. The van der Waals surface area contributed by atoms with E-state index in [4.69, 9.17) is 4.98 Å². The minimum Gasteiger partial charge on any atom is -0.356 e. The normalized spacial score (nSPS) is 19.7. The Morgan fingerprint density at radius 3 is 2.43 bits per heavy atom. The zero-order chi connectivity index (χ0) is 15.0. The lowest BCUT2D eigenvalue weighted by atomic mass is 9.95. The van der Waals surface area contributed by atoms with Crippen molar-refractivity contribution >= 4 is 11.7 Å². The third kappa shape index (κ3) is 3.17. The molecule has 1 aromatic rings. The maximum absolute atomic E-state index is 12.0. The SMILES string of the molecule is Cc1cc(N2CCC(C(=O)N(C)C)CC2)nc(C2CC2)n1. The van der Waals surface area contributed by atoms with Gasteiger partial charge in [0.25, 0.3) is 0 Å². The van der Waals surface area contributed by atoms with Crippen LogP contribution in [0.15, 0.2) is 6.07 Å². The van der Waals surface area contributed by atoms with Crippen LogP contribution in [0.4, 0.5) is 5.82 Å². The highest BCUT2D eigenvalue weighted by Crippen LogP contribution is 2.38. The summed E-state index contributed by atoms with van der Waals surface area (Å²) in [6.45, 7) is 3.86. The highest BCUT2D eigenvalue weighted by atomic mass is 16.2. The van der Waals surface area contributed by atoms with Crippen molar-refractivity contribution in [2.24, 2.45) is 5.92 Å². The molecule has 1 aromatic heterocycles. The number of carbonyl (C=O) groups excluding carboxylic acids is 1. The summed E-state index contributed by atoms with van der Waals surface area (Å²) < 4.78 is 0. The Bertz CT molecular complexity index is 531. The van der Waals surface area contributed by atoms with Crippen molar-refractivity contribution in [2.75, 3.05) is 32.1 Å². The van der Waals surface area contributed by atoms with E-state index in [9.17, 15) is 4.79 Å². The third-order valence-corrected chi connectivity index (χ3v) is 4.41. The summed E-state index contributed by atoms with van der Waals surface area (Å²) in [6, 6.07) is 2.07. The van der Waals surface area contributed by atoms with Crippen LogP contribution >= 0.6 is 0 Å². The fourth-order valence-electron chi connectivity index (χ4n) is 2.98. The van der Waals surface area contributed by atoms with Crippen LogP contribution in [0.1, 0.15) is 43.1 Å². The number of anilines is 1. The lowest BCUT2D eigenvalue weighted by Gasteiger charge is -2.33. The van der Waals surface area contributed by atoms with Gasteiger partial charge in [0.15, 0.2) is 0 Å². The number of rotatable bonds is 3. The number of hydrogen-bond acceptors (Lipinski definition) is 4. The molecule has 1 aliphatic heterocycles. The largest absolute Gasteiger partial charge is 0.356 e. The van der Waals surface area contributed by atoms with Gasteiger partial charge in [-0.05, 0) is 32.6 Å². The number of piperidine rings is 1. The first-order valence-corrected chi connectivity index (χ1v) is 7.86. The van der Waals surface area contributed by atoms with E-state index < -0.39 is 0 Å². The van der Waals surface area contributed by atoms with Gasteiger partial charge in [-0.3, -0.25) is 4.79 Å². The van der Waals surface area contributed by atoms with Crippen LogP contribution in [0.5, 0.6) is 0 Å². The second kappa shape index (κ2) is 5.62. The smallest absolute Gasteiger partial charge is 0.225 e. The molecular weight excluding hydrogens is 264 g/mol. The van der Waals surface area contributed by atoms with Crippen molar-refractivity contribution in [1.29, 1.82) is 0 Å². The third-order valence-electron chi connectivity index (χ3n) is 4.41. The van der Waals surface area contributed by atoms with Crippen LogP contribution in [0.2, 0.25) is 0 Å². The Hall–Kier alpha value is -1.65. The molecule has 21 heavy (non-hydrogen) atoms. The van der Waals surface area contributed by atoms with Crippen LogP contribution in [0.3, 0.4) is 0 Å². The molecule has 0 radical (unpaired) electrons.